The first kappa shape index (κ1) is 15.8. The van der Waals surface area contributed by atoms with Gasteiger partial charge in [-0.15, -0.1) is 11.3 Å². The minimum absolute atomic E-state index is 0.718. The Kier molecular flexibility index (Phi) is 5.39. The molecule has 3 nitrogen and oxygen atoms in total. The third-order valence-electron chi connectivity index (χ3n) is 4.03. The van der Waals surface area contributed by atoms with Crippen LogP contribution in [0.1, 0.15) is 11.8 Å². The lowest BCUT2D eigenvalue weighted by Gasteiger charge is -2.34. The predicted molar refractivity (Wildman–Crippen MR) is 96.2 cm³/mol. The van der Waals surface area contributed by atoms with E-state index in [4.69, 9.17) is 4.74 Å². The van der Waals surface area contributed by atoms with Crippen molar-refractivity contribution in [2.24, 2.45) is 0 Å². The molecule has 0 atom stereocenters. The minimum Gasteiger partial charge on any atom is -0.492 e. The smallest absolute Gasteiger partial charge is 0.142 e. The fourth-order valence-electron chi connectivity index (χ4n) is 2.93. The lowest BCUT2D eigenvalue weighted by molar-refractivity contribution is -0.914. The van der Waals surface area contributed by atoms with Crippen LogP contribution in [0.5, 0.6) is 5.75 Å². The van der Waals surface area contributed by atoms with Crippen LogP contribution >= 0.6 is 27.3 Å². The predicted octanol–water partition coefficient (Wildman–Crippen LogP) is 2.81. The Bertz CT molecular complexity index is 608. The third kappa shape index (κ3) is 3.83. The van der Waals surface area contributed by atoms with E-state index in [1.807, 2.05) is 24.3 Å². The molecule has 0 aliphatic carbocycles. The number of hydrogen-bond donors (Lipinski definition) is 1. The second kappa shape index (κ2) is 7.49. The standard InChI is InChI=1S/C17H21BrN2OS/c1-2-21-16-6-4-3-5-15(16)20-11-9-19(10-12-20)13-14-7-8-17(18)22-14/h3-8H,2,9-13H2,1H3/p+1. The molecule has 22 heavy (non-hydrogen) atoms. The molecule has 0 bridgehead atoms. The molecule has 3 rings (SSSR count). The number of ether oxygens (including phenoxy) is 1. The monoisotopic (exact) mass is 381 g/mol. The van der Waals surface area contributed by atoms with Crippen LogP contribution in [0.4, 0.5) is 5.69 Å². The van der Waals surface area contributed by atoms with Gasteiger partial charge in [-0.2, -0.15) is 0 Å². The number of para-hydroxylation sites is 2. The molecule has 1 aliphatic rings. The highest BCUT2D eigenvalue weighted by Gasteiger charge is 2.22. The van der Waals surface area contributed by atoms with Crippen LogP contribution in [0.25, 0.3) is 0 Å². The molecule has 0 unspecified atom stereocenters. The number of benzene rings is 1. The molecule has 2 heterocycles. The summed E-state index contributed by atoms with van der Waals surface area (Å²) in [5, 5.41) is 0. The summed E-state index contributed by atoms with van der Waals surface area (Å²) >= 11 is 5.40. The zero-order valence-electron chi connectivity index (χ0n) is 12.8. The van der Waals surface area contributed by atoms with Crippen LogP contribution in [0, 0.1) is 0 Å². The van der Waals surface area contributed by atoms with E-state index < -0.39 is 0 Å². The minimum atomic E-state index is 0.718. The van der Waals surface area contributed by atoms with Gasteiger partial charge in [-0.3, -0.25) is 0 Å². The first-order valence-corrected chi connectivity index (χ1v) is 9.41. The summed E-state index contributed by atoms with van der Waals surface area (Å²) in [6.45, 7) is 8.43. The SMILES string of the molecule is CCOc1ccccc1N1CC[NH+](Cc2ccc(Br)s2)CC1. The number of anilines is 1. The highest BCUT2D eigenvalue weighted by Crippen LogP contribution is 2.28. The van der Waals surface area contributed by atoms with Crippen LogP contribution in [-0.2, 0) is 6.54 Å². The molecule has 0 amide bonds. The summed E-state index contributed by atoms with van der Waals surface area (Å²) in [4.78, 5) is 5.59. The summed E-state index contributed by atoms with van der Waals surface area (Å²) in [6.07, 6.45) is 0. The largest absolute Gasteiger partial charge is 0.492 e. The number of nitrogens with one attached hydrogen (secondary N) is 1. The van der Waals surface area contributed by atoms with Crippen molar-refractivity contribution >= 4 is 33.0 Å². The van der Waals surface area contributed by atoms with Crippen LogP contribution in [0.15, 0.2) is 40.2 Å². The third-order valence-corrected chi connectivity index (χ3v) is 5.65. The molecular formula is C17H22BrN2OS+. The average molecular weight is 382 g/mol. The van der Waals surface area contributed by atoms with Crippen molar-refractivity contribution in [3.63, 3.8) is 0 Å². The van der Waals surface area contributed by atoms with Gasteiger partial charge >= 0.3 is 0 Å². The van der Waals surface area contributed by atoms with E-state index in [2.05, 4.69) is 51.2 Å². The van der Waals surface area contributed by atoms with E-state index in [-0.39, 0.29) is 0 Å². The Hall–Kier alpha value is -1.04. The summed E-state index contributed by atoms with van der Waals surface area (Å²) < 4.78 is 6.99. The van der Waals surface area contributed by atoms with Crippen LogP contribution in [0.3, 0.4) is 0 Å². The van der Waals surface area contributed by atoms with E-state index in [1.54, 1.807) is 4.90 Å². The maximum absolute atomic E-state index is 5.76. The van der Waals surface area contributed by atoms with Gasteiger partial charge in [-0.25, -0.2) is 0 Å². The molecule has 5 heteroatoms. The van der Waals surface area contributed by atoms with Gasteiger partial charge < -0.3 is 14.5 Å². The van der Waals surface area contributed by atoms with Crippen molar-refractivity contribution in [2.45, 2.75) is 13.5 Å². The molecule has 1 aromatic heterocycles. The Morgan fingerprint density at radius 3 is 2.64 bits per heavy atom. The molecule has 118 valence electrons. The van der Waals surface area contributed by atoms with Crippen molar-refractivity contribution in [1.82, 2.24) is 0 Å². The van der Waals surface area contributed by atoms with Crippen molar-refractivity contribution in [2.75, 3.05) is 37.7 Å². The molecular weight excluding hydrogens is 360 g/mol. The van der Waals surface area contributed by atoms with Gasteiger partial charge in [0.1, 0.15) is 12.3 Å². The number of hydrogen-bond acceptors (Lipinski definition) is 3. The van der Waals surface area contributed by atoms with E-state index in [1.165, 1.54) is 27.4 Å². The maximum Gasteiger partial charge on any atom is 0.142 e. The van der Waals surface area contributed by atoms with Gasteiger partial charge in [0.05, 0.1) is 47.1 Å². The quantitative estimate of drug-likeness (QED) is 0.857. The lowest BCUT2D eigenvalue weighted by Crippen LogP contribution is -3.13. The first-order valence-electron chi connectivity index (χ1n) is 7.81. The second-order valence-corrected chi connectivity index (χ2v) is 8.07. The molecule has 0 saturated carbocycles. The number of thiophene rings is 1. The molecule has 1 N–H and O–H groups in total. The van der Waals surface area contributed by atoms with Gasteiger partial charge in [0.2, 0.25) is 0 Å². The Morgan fingerprint density at radius 1 is 1.18 bits per heavy atom. The topological polar surface area (TPSA) is 16.9 Å². The van der Waals surface area contributed by atoms with Gasteiger partial charge in [0.25, 0.3) is 0 Å². The summed E-state index contributed by atoms with van der Waals surface area (Å²) in [5.74, 6) is 1.01. The average Bonchev–Trinajstić information content (AvgIpc) is 2.94. The highest BCUT2D eigenvalue weighted by molar-refractivity contribution is 9.11. The molecule has 1 aliphatic heterocycles. The molecule has 0 radical (unpaired) electrons. The Labute approximate surface area is 144 Å². The molecule has 1 saturated heterocycles. The summed E-state index contributed by atoms with van der Waals surface area (Å²) in [6, 6.07) is 12.8. The highest BCUT2D eigenvalue weighted by atomic mass is 79.9. The zero-order chi connectivity index (χ0) is 15.4. The summed E-state index contributed by atoms with van der Waals surface area (Å²) in [5.41, 5.74) is 1.24. The Morgan fingerprint density at radius 2 is 1.95 bits per heavy atom. The van der Waals surface area contributed by atoms with E-state index >= 15 is 0 Å². The van der Waals surface area contributed by atoms with E-state index in [0.717, 1.165) is 32.0 Å². The normalized spacial score (nSPS) is 16.0. The molecule has 2 aromatic rings. The number of quaternary nitrogens is 1. The van der Waals surface area contributed by atoms with E-state index in [9.17, 15) is 0 Å². The number of halogens is 1. The molecule has 1 aromatic carbocycles. The first-order chi connectivity index (χ1) is 10.8. The van der Waals surface area contributed by atoms with Gasteiger partial charge in [-0.1, -0.05) is 12.1 Å². The zero-order valence-corrected chi connectivity index (χ0v) is 15.3. The van der Waals surface area contributed by atoms with Gasteiger partial charge in [0.15, 0.2) is 0 Å². The van der Waals surface area contributed by atoms with Gasteiger partial charge in [-0.05, 0) is 47.1 Å². The van der Waals surface area contributed by atoms with E-state index in [0.29, 0.717) is 0 Å². The fourth-order valence-corrected chi connectivity index (χ4v) is 4.48. The summed E-state index contributed by atoms with van der Waals surface area (Å²) in [7, 11) is 0. The van der Waals surface area contributed by atoms with Crippen LogP contribution in [-0.4, -0.2) is 32.8 Å². The lowest BCUT2D eigenvalue weighted by atomic mass is 10.2. The fraction of sp³-hybridized carbons (Fsp3) is 0.412. The van der Waals surface area contributed by atoms with Crippen molar-refractivity contribution in [3.8, 4) is 5.75 Å². The molecule has 1 fully saturated rings. The maximum atomic E-state index is 5.76. The molecule has 0 spiro atoms. The van der Waals surface area contributed by atoms with Crippen molar-refractivity contribution in [1.29, 1.82) is 0 Å². The number of rotatable bonds is 5. The van der Waals surface area contributed by atoms with Crippen LogP contribution in [0.2, 0.25) is 0 Å². The van der Waals surface area contributed by atoms with Gasteiger partial charge in [0, 0.05) is 0 Å². The Balaban J connectivity index is 1.59. The number of nitrogens with zero attached hydrogens (tertiary/aromatic N) is 1. The van der Waals surface area contributed by atoms with Crippen LogP contribution < -0.4 is 14.5 Å². The van der Waals surface area contributed by atoms with Crippen molar-refractivity contribution < 1.29 is 9.64 Å². The number of piperazine rings is 1. The van der Waals surface area contributed by atoms with Crippen molar-refractivity contribution in [3.05, 3.63) is 45.1 Å². The second-order valence-electron chi connectivity index (χ2n) is 5.52.